The smallest absolute Gasteiger partial charge is 0.228 e. The molecule has 2 rings (SSSR count). The van der Waals surface area contributed by atoms with Gasteiger partial charge in [-0.15, -0.1) is 0 Å². The zero-order chi connectivity index (χ0) is 15.1. The molecule has 1 N–H and O–H groups in total. The van der Waals surface area contributed by atoms with Crippen LogP contribution in [0.25, 0.3) is 10.8 Å². The number of ether oxygens (including phenoxy) is 1. The van der Waals surface area contributed by atoms with Crippen LogP contribution in [0.5, 0.6) is 11.5 Å². The van der Waals surface area contributed by atoms with E-state index in [4.69, 9.17) is 10.00 Å². The van der Waals surface area contributed by atoms with Crippen molar-refractivity contribution in [1.29, 1.82) is 5.26 Å². The van der Waals surface area contributed by atoms with Gasteiger partial charge in [-0.05, 0) is 35.6 Å². The number of benzene rings is 2. The Morgan fingerprint density at radius 1 is 1.30 bits per heavy atom. The van der Waals surface area contributed by atoms with Crippen molar-refractivity contribution in [3.63, 3.8) is 0 Å². The van der Waals surface area contributed by atoms with Gasteiger partial charge in [-0.2, -0.15) is 5.26 Å². The van der Waals surface area contributed by atoms with Gasteiger partial charge in [-0.25, -0.2) is 4.39 Å². The summed E-state index contributed by atoms with van der Waals surface area (Å²) in [5.41, 5.74) is 1.12. The van der Waals surface area contributed by atoms with Crippen molar-refractivity contribution in [2.45, 2.75) is 27.2 Å². The maximum Gasteiger partial charge on any atom is 0.228 e. The summed E-state index contributed by atoms with van der Waals surface area (Å²) in [5, 5.41) is 20.0. The molecule has 20 heavy (non-hydrogen) atoms. The van der Waals surface area contributed by atoms with Crippen molar-refractivity contribution in [3.8, 4) is 17.6 Å². The largest absolute Gasteiger partial charge is 0.508 e. The van der Waals surface area contributed by atoms with Gasteiger partial charge < -0.3 is 9.84 Å². The summed E-state index contributed by atoms with van der Waals surface area (Å²) < 4.78 is 17.4. The van der Waals surface area contributed by atoms with Gasteiger partial charge in [0.25, 0.3) is 0 Å². The number of hydrogen-bond donors (Lipinski definition) is 1. The van der Waals surface area contributed by atoms with Crippen LogP contribution in [0.2, 0.25) is 0 Å². The monoisotopic (exact) mass is 275 g/mol. The topological polar surface area (TPSA) is 53.2 Å². The number of nitriles is 1. The van der Waals surface area contributed by atoms with Crippen LogP contribution in [0.4, 0.5) is 4.39 Å². The molecule has 2 aromatic rings. The molecule has 0 saturated carbocycles. The van der Waals surface area contributed by atoms with Gasteiger partial charge in [0.05, 0.1) is 5.56 Å². The molecule has 0 amide bonds. The second kappa shape index (κ2) is 7.34. The second-order valence-corrected chi connectivity index (χ2v) is 3.86. The van der Waals surface area contributed by atoms with E-state index < -0.39 is 6.86 Å². The van der Waals surface area contributed by atoms with Gasteiger partial charge in [0.1, 0.15) is 17.6 Å². The van der Waals surface area contributed by atoms with Gasteiger partial charge in [-0.1, -0.05) is 26.8 Å². The SMILES string of the molecule is CC.CCc1cc(O)cc2ccc(C#N)c(OCF)c12. The molecule has 0 aliphatic heterocycles. The molecule has 0 spiro atoms. The van der Waals surface area contributed by atoms with Crippen LogP contribution in [0, 0.1) is 11.3 Å². The number of aromatic hydroxyl groups is 1. The molecule has 3 nitrogen and oxygen atoms in total. The maximum absolute atomic E-state index is 12.5. The minimum Gasteiger partial charge on any atom is -0.508 e. The van der Waals surface area contributed by atoms with Crippen LogP contribution in [0.15, 0.2) is 24.3 Å². The first-order valence-corrected chi connectivity index (χ1v) is 6.58. The van der Waals surface area contributed by atoms with Crippen molar-refractivity contribution in [3.05, 3.63) is 35.4 Å². The van der Waals surface area contributed by atoms with Crippen molar-refractivity contribution in [1.82, 2.24) is 0 Å². The first-order chi connectivity index (χ1) is 9.71. The Balaban J connectivity index is 0.000000956. The highest BCUT2D eigenvalue weighted by molar-refractivity contribution is 5.94. The normalized spacial score (nSPS) is 9.55. The highest BCUT2D eigenvalue weighted by Gasteiger charge is 2.13. The summed E-state index contributed by atoms with van der Waals surface area (Å²) in [6, 6.07) is 8.44. The van der Waals surface area contributed by atoms with E-state index in [0.717, 1.165) is 10.9 Å². The van der Waals surface area contributed by atoms with Gasteiger partial charge in [0, 0.05) is 5.39 Å². The van der Waals surface area contributed by atoms with Crippen molar-refractivity contribution in [2.24, 2.45) is 0 Å². The number of alkyl halides is 1. The molecule has 0 aliphatic rings. The van der Waals surface area contributed by atoms with Gasteiger partial charge in [-0.3, -0.25) is 0 Å². The van der Waals surface area contributed by atoms with Gasteiger partial charge in [0.15, 0.2) is 0 Å². The van der Waals surface area contributed by atoms with Crippen LogP contribution < -0.4 is 4.74 Å². The van der Waals surface area contributed by atoms with E-state index in [1.54, 1.807) is 24.3 Å². The molecule has 0 atom stereocenters. The Labute approximate surface area is 118 Å². The third kappa shape index (κ3) is 3.00. The first-order valence-electron chi connectivity index (χ1n) is 6.58. The lowest BCUT2D eigenvalue weighted by atomic mass is 9.98. The fraction of sp³-hybridized carbons (Fsp3) is 0.312. The lowest BCUT2D eigenvalue weighted by Gasteiger charge is -2.12. The Hall–Kier alpha value is -2.28. The summed E-state index contributed by atoms with van der Waals surface area (Å²) in [5.74, 6) is 0.393. The number of fused-ring (bicyclic) bond motifs is 1. The van der Waals surface area contributed by atoms with E-state index >= 15 is 0 Å². The molecule has 0 fully saturated rings. The average Bonchev–Trinajstić information content (AvgIpc) is 2.48. The molecule has 106 valence electrons. The fourth-order valence-corrected chi connectivity index (χ4v) is 2.07. The average molecular weight is 275 g/mol. The number of rotatable bonds is 3. The molecule has 0 bridgehead atoms. The number of halogens is 1. The lowest BCUT2D eigenvalue weighted by molar-refractivity contribution is 0.193. The molecule has 0 aliphatic carbocycles. The Morgan fingerprint density at radius 3 is 2.55 bits per heavy atom. The molecule has 0 radical (unpaired) electrons. The summed E-state index contributed by atoms with van der Waals surface area (Å²) in [7, 11) is 0. The fourth-order valence-electron chi connectivity index (χ4n) is 2.07. The van der Waals surface area contributed by atoms with Gasteiger partial charge >= 0.3 is 0 Å². The summed E-state index contributed by atoms with van der Waals surface area (Å²) in [6.45, 7) is 4.93. The lowest BCUT2D eigenvalue weighted by Crippen LogP contribution is -1.97. The standard InChI is InChI=1S/C14H12FNO2.C2H6/c1-2-9-5-12(17)6-10-3-4-11(7-16)14(13(9)10)18-8-15;1-2/h3-6,17H,2,8H2,1H3;1-2H3. The molecule has 0 unspecified atom stereocenters. The predicted molar refractivity (Wildman–Crippen MR) is 77.7 cm³/mol. The minimum atomic E-state index is -0.988. The Kier molecular flexibility index (Phi) is 5.79. The molecular weight excluding hydrogens is 257 g/mol. The third-order valence-corrected chi connectivity index (χ3v) is 2.84. The third-order valence-electron chi connectivity index (χ3n) is 2.84. The molecule has 0 aromatic heterocycles. The van der Waals surface area contributed by atoms with Crippen LogP contribution >= 0.6 is 0 Å². The predicted octanol–water partition coefficient (Wildman–Crippen LogP) is 4.31. The van der Waals surface area contributed by atoms with Crippen LogP contribution in [0.1, 0.15) is 31.9 Å². The number of hydrogen-bond acceptors (Lipinski definition) is 3. The van der Waals surface area contributed by atoms with Crippen molar-refractivity contribution < 1.29 is 14.2 Å². The highest BCUT2D eigenvalue weighted by Crippen LogP contribution is 2.35. The zero-order valence-electron chi connectivity index (χ0n) is 11.9. The van der Waals surface area contributed by atoms with Crippen molar-refractivity contribution in [2.75, 3.05) is 6.86 Å². The number of nitrogens with zero attached hydrogens (tertiary/aromatic N) is 1. The van der Waals surface area contributed by atoms with Crippen LogP contribution in [0.3, 0.4) is 0 Å². The number of phenolic OH excluding ortho intramolecular Hbond substituents is 1. The minimum absolute atomic E-state index is 0.148. The molecule has 0 heterocycles. The molecule has 0 saturated heterocycles. The van der Waals surface area contributed by atoms with E-state index in [1.807, 2.05) is 26.8 Å². The first kappa shape index (κ1) is 15.8. The molecule has 4 heteroatoms. The van der Waals surface area contributed by atoms with E-state index in [2.05, 4.69) is 0 Å². The highest BCUT2D eigenvalue weighted by atomic mass is 19.1. The van der Waals surface area contributed by atoms with E-state index in [-0.39, 0.29) is 11.5 Å². The maximum atomic E-state index is 12.5. The zero-order valence-corrected chi connectivity index (χ0v) is 11.9. The summed E-state index contributed by atoms with van der Waals surface area (Å²) in [6.07, 6.45) is 0.655. The molecular formula is C16H18FNO2. The summed E-state index contributed by atoms with van der Waals surface area (Å²) >= 11 is 0. The number of aryl methyl sites for hydroxylation is 1. The van der Waals surface area contributed by atoms with E-state index in [9.17, 15) is 9.50 Å². The Morgan fingerprint density at radius 2 is 2.00 bits per heavy atom. The van der Waals surface area contributed by atoms with Crippen LogP contribution in [-0.2, 0) is 6.42 Å². The van der Waals surface area contributed by atoms with Crippen molar-refractivity contribution >= 4 is 10.8 Å². The summed E-state index contributed by atoms with van der Waals surface area (Å²) in [4.78, 5) is 0. The van der Waals surface area contributed by atoms with E-state index in [1.165, 1.54) is 0 Å². The quantitative estimate of drug-likeness (QED) is 0.908. The van der Waals surface area contributed by atoms with Crippen LogP contribution in [-0.4, -0.2) is 12.0 Å². The van der Waals surface area contributed by atoms with Gasteiger partial charge in [0.2, 0.25) is 6.86 Å². The molecule has 2 aromatic carbocycles. The second-order valence-electron chi connectivity index (χ2n) is 3.86. The Bertz CT molecular complexity index is 632. The number of phenols is 1. The van der Waals surface area contributed by atoms with E-state index in [0.29, 0.717) is 17.4 Å².